The maximum atomic E-state index is 13.2. The van der Waals surface area contributed by atoms with Crippen LogP contribution in [-0.4, -0.2) is 34.6 Å². The number of hydrogen-bond donors (Lipinski definition) is 1. The second-order valence-electron chi connectivity index (χ2n) is 7.94. The quantitative estimate of drug-likeness (QED) is 0.338. The predicted molar refractivity (Wildman–Crippen MR) is 130 cm³/mol. The average molecular weight is 461 g/mol. The van der Waals surface area contributed by atoms with Gasteiger partial charge in [-0.1, -0.05) is 42.8 Å². The molecule has 4 nitrogen and oxygen atoms in total. The topological polar surface area (TPSA) is 49.4 Å². The Labute approximate surface area is 195 Å². The van der Waals surface area contributed by atoms with Crippen molar-refractivity contribution >= 4 is 35.2 Å². The molecule has 31 heavy (non-hydrogen) atoms. The van der Waals surface area contributed by atoms with Gasteiger partial charge < -0.3 is 10.2 Å². The monoisotopic (exact) mass is 460 g/mol. The molecule has 2 rings (SSSR count). The molecule has 2 aromatic carbocycles. The summed E-state index contributed by atoms with van der Waals surface area (Å²) in [5.41, 5.74) is 2.19. The minimum Gasteiger partial charge on any atom is -0.352 e. The molecular weight excluding hydrogens is 428 g/mol. The number of thioether (sulfide) groups is 1. The van der Waals surface area contributed by atoms with Gasteiger partial charge in [-0.15, -0.1) is 11.8 Å². The number of rotatable bonds is 11. The molecule has 168 valence electrons. The van der Waals surface area contributed by atoms with E-state index in [9.17, 15) is 9.59 Å². The van der Waals surface area contributed by atoms with Gasteiger partial charge in [0.15, 0.2) is 0 Å². The van der Waals surface area contributed by atoms with Gasteiger partial charge in [0.05, 0.1) is 0 Å². The molecule has 1 atom stereocenters. The first-order chi connectivity index (χ1) is 14.8. The lowest BCUT2D eigenvalue weighted by molar-refractivity contribution is -0.141. The summed E-state index contributed by atoms with van der Waals surface area (Å²) in [6, 6.07) is 15.3. The van der Waals surface area contributed by atoms with Crippen LogP contribution in [0.15, 0.2) is 53.4 Å². The number of nitrogens with one attached hydrogen (secondary N) is 1. The number of halogens is 1. The van der Waals surface area contributed by atoms with Gasteiger partial charge in [0.2, 0.25) is 11.8 Å². The Balaban J connectivity index is 2.06. The van der Waals surface area contributed by atoms with Crippen molar-refractivity contribution in [2.45, 2.75) is 70.5 Å². The fourth-order valence-electron chi connectivity index (χ4n) is 3.36. The number of nitrogens with zero attached hydrogens (tertiary/aromatic N) is 1. The summed E-state index contributed by atoms with van der Waals surface area (Å²) in [5.74, 6) is 0.765. The smallest absolute Gasteiger partial charge is 0.243 e. The second-order valence-corrected chi connectivity index (χ2v) is 9.55. The van der Waals surface area contributed by atoms with E-state index < -0.39 is 6.04 Å². The van der Waals surface area contributed by atoms with E-state index in [1.54, 1.807) is 16.7 Å². The molecule has 0 aliphatic carbocycles. The van der Waals surface area contributed by atoms with E-state index in [0.29, 0.717) is 19.4 Å². The van der Waals surface area contributed by atoms with Gasteiger partial charge in [-0.2, -0.15) is 0 Å². The van der Waals surface area contributed by atoms with Crippen LogP contribution >= 0.6 is 23.4 Å². The van der Waals surface area contributed by atoms with Gasteiger partial charge in [0, 0.05) is 28.9 Å². The van der Waals surface area contributed by atoms with Gasteiger partial charge in [-0.25, -0.2) is 0 Å². The molecule has 0 aromatic heterocycles. The SMILES string of the molecule is CCC(C(=O)NC(C)C)N(Cc1ccccc1C)C(=O)CCCSc1ccc(Cl)cc1. The minimum atomic E-state index is -0.474. The zero-order valence-corrected chi connectivity index (χ0v) is 20.4. The van der Waals surface area contributed by atoms with Crippen LogP contribution in [0, 0.1) is 6.92 Å². The largest absolute Gasteiger partial charge is 0.352 e. The number of benzene rings is 2. The number of carbonyl (C=O) groups is 2. The van der Waals surface area contributed by atoms with Crippen molar-refractivity contribution in [2.75, 3.05) is 5.75 Å². The molecule has 0 aliphatic heterocycles. The molecule has 2 aromatic rings. The van der Waals surface area contributed by atoms with Crippen LogP contribution in [0.4, 0.5) is 0 Å². The first kappa shape index (κ1) is 25.3. The third-order valence-electron chi connectivity index (χ3n) is 5.04. The lowest BCUT2D eigenvalue weighted by atomic mass is 10.1. The summed E-state index contributed by atoms with van der Waals surface area (Å²) in [6.07, 6.45) is 1.74. The molecule has 2 amide bonds. The van der Waals surface area contributed by atoms with Crippen molar-refractivity contribution < 1.29 is 9.59 Å². The van der Waals surface area contributed by atoms with Crippen LogP contribution in [0.1, 0.15) is 51.2 Å². The highest BCUT2D eigenvalue weighted by atomic mass is 35.5. The van der Waals surface area contributed by atoms with Crippen molar-refractivity contribution in [3.05, 3.63) is 64.7 Å². The van der Waals surface area contributed by atoms with E-state index in [2.05, 4.69) is 5.32 Å². The van der Waals surface area contributed by atoms with Crippen LogP contribution in [0.5, 0.6) is 0 Å². The van der Waals surface area contributed by atoms with Gasteiger partial charge in [0.25, 0.3) is 0 Å². The first-order valence-electron chi connectivity index (χ1n) is 10.8. The maximum absolute atomic E-state index is 13.2. The lowest BCUT2D eigenvalue weighted by Crippen LogP contribution is -2.50. The van der Waals surface area contributed by atoms with E-state index in [1.165, 1.54) is 0 Å². The summed E-state index contributed by atoms with van der Waals surface area (Å²) in [4.78, 5) is 28.9. The Morgan fingerprint density at radius 2 is 1.77 bits per heavy atom. The molecule has 0 spiro atoms. The molecule has 1 N–H and O–H groups in total. The maximum Gasteiger partial charge on any atom is 0.243 e. The van der Waals surface area contributed by atoms with Gasteiger partial charge >= 0.3 is 0 Å². The Bertz CT molecular complexity index is 855. The summed E-state index contributed by atoms with van der Waals surface area (Å²) >= 11 is 7.64. The molecule has 1 unspecified atom stereocenters. The Morgan fingerprint density at radius 3 is 2.39 bits per heavy atom. The highest BCUT2D eigenvalue weighted by Gasteiger charge is 2.28. The van der Waals surface area contributed by atoms with Crippen molar-refractivity contribution in [1.82, 2.24) is 10.2 Å². The molecule has 0 fully saturated rings. The summed E-state index contributed by atoms with van der Waals surface area (Å²) in [5, 5.41) is 3.69. The molecular formula is C25H33ClN2O2S. The molecule has 0 saturated heterocycles. The van der Waals surface area contributed by atoms with Crippen molar-refractivity contribution in [3.8, 4) is 0 Å². The van der Waals surface area contributed by atoms with Crippen LogP contribution in [0.3, 0.4) is 0 Å². The molecule has 0 aliphatic rings. The van der Waals surface area contributed by atoms with Crippen LogP contribution < -0.4 is 5.32 Å². The normalized spacial score (nSPS) is 11.9. The Kier molecular flexibility index (Phi) is 10.4. The number of aryl methyl sites for hydroxylation is 1. The van der Waals surface area contributed by atoms with E-state index in [1.807, 2.05) is 76.2 Å². The Hall–Kier alpha value is -1.98. The highest BCUT2D eigenvalue weighted by molar-refractivity contribution is 7.99. The van der Waals surface area contributed by atoms with Gasteiger partial charge in [0.1, 0.15) is 6.04 Å². The molecule has 0 saturated carbocycles. The van der Waals surface area contributed by atoms with Gasteiger partial charge in [-0.05, 0) is 74.8 Å². The Morgan fingerprint density at radius 1 is 1.10 bits per heavy atom. The number of carbonyl (C=O) groups excluding carboxylic acids is 2. The average Bonchev–Trinajstić information content (AvgIpc) is 2.73. The third-order valence-corrected chi connectivity index (χ3v) is 6.39. The zero-order valence-electron chi connectivity index (χ0n) is 18.9. The zero-order chi connectivity index (χ0) is 22.8. The molecule has 0 radical (unpaired) electrons. The van der Waals surface area contributed by atoms with Crippen LogP contribution in [0.2, 0.25) is 5.02 Å². The fourth-order valence-corrected chi connectivity index (χ4v) is 4.34. The van der Waals surface area contributed by atoms with E-state index in [4.69, 9.17) is 11.6 Å². The summed E-state index contributed by atoms with van der Waals surface area (Å²) in [6.45, 7) is 8.31. The van der Waals surface area contributed by atoms with E-state index >= 15 is 0 Å². The second kappa shape index (κ2) is 12.8. The predicted octanol–water partition coefficient (Wildman–Crippen LogP) is 5.85. The van der Waals surface area contributed by atoms with Crippen molar-refractivity contribution in [1.29, 1.82) is 0 Å². The van der Waals surface area contributed by atoms with Crippen LogP contribution in [0.25, 0.3) is 0 Å². The molecule has 0 heterocycles. The third kappa shape index (κ3) is 8.23. The van der Waals surface area contributed by atoms with Crippen LogP contribution in [-0.2, 0) is 16.1 Å². The highest BCUT2D eigenvalue weighted by Crippen LogP contribution is 2.22. The fraction of sp³-hybridized carbons (Fsp3) is 0.440. The minimum absolute atomic E-state index is 0.0192. The van der Waals surface area contributed by atoms with Gasteiger partial charge in [-0.3, -0.25) is 9.59 Å². The van der Waals surface area contributed by atoms with E-state index in [-0.39, 0.29) is 17.9 Å². The lowest BCUT2D eigenvalue weighted by Gasteiger charge is -2.31. The van der Waals surface area contributed by atoms with E-state index in [0.717, 1.165) is 33.2 Å². The first-order valence-corrected chi connectivity index (χ1v) is 12.2. The van der Waals surface area contributed by atoms with Crippen molar-refractivity contribution in [3.63, 3.8) is 0 Å². The summed E-state index contributed by atoms with van der Waals surface area (Å²) < 4.78 is 0. The summed E-state index contributed by atoms with van der Waals surface area (Å²) in [7, 11) is 0. The number of amides is 2. The molecule has 0 bridgehead atoms. The standard InChI is InChI=1S/C25H33ClN2O2S/c1-5-23(25(30)27-18(2)3)28(17-20-10-7-6-9-19(20)4)24(29)11-8-16-31-22-14-12-21(26)13-15-22/h6-7,9-10,12-15,18,23H,5,8,11,16-17H2,1-4H3,(H,27,30). The number of hydrogen-bond acceptors (Lipinski definition) is 3. The molecule has 6 heteroatoms. The van der Waals surface area contributed by atoms with Crippen molar-refractivity contribution in [2.24, 2.45) is 0 Å².